The molecular formula is C15H13BrN4O. The molecular weight excluding hydrogens is 332 g/mol. The lowest BCUT2D eigenvalue weighted by Crippen LogP contribution is -1.98. The molecule has 2 aromatic heterocycles. The van der Waals surface area contributed by atoms with Crippen molar-refractivity contribution >= 4 is 15.9 Å². The first-order chi connectivity index (χ1) is 10.2. The molecule has 2 heterocycles. The number of nitrogens with two attached hydrogens (primary N) is 1. The molecule has 0 atom stereocenters. The van der Waals surface area contributed by atoms with Gasteiger partial charge >= 0.3 is 0 Å². The minimum absolute atomic E-state index is 0.373. The summed E-state index contributed by atoms with van der Waals surface area (Å²) in [6.45, 7) is 2.40. The van der Waals surface area contributed by atoms with E-state index in [4.69, 9.17) is 10.3 Å². The van der Waals surface area contributed by atoms with E-state index < -0.39 is 0 Å². The van der Waals surface area contributed by atoms with Crippen LogP contribution in [0.4, 0.5) is 0 Å². The lowest BCUT2D eigenvalue weighted by molar-refractivity contribution is 0.432. The van der Waals surface area contributed by atoms with Crippen LogP contribution in [0, 0.1) is 6.92 Å². The van der Waals surface area contributed by atoms with E-state index in [2.05, 4.69) is 31.1 Å². The molecule has 0 saturated heterocycles. The Labute approximate surface area is 130 Å². The molecule has 106 valence electrons. The lowest BCUT2D eigenvalue weighted by Gasteiger charge is -2.00. The second kappa shape index (κ2) is 5.75. The molecule has 0 spiro atoms. The SMILES string of the molecule is Cc1ccc(-c2noc(-c3ccnc(CN)c3)n2)c(Br)c1. The maximum Gasteiger partial charge on any atom is 0.258 e. The van der Waals surface area contributed by atoms with Crippen molar-refractivity contribution in [3.05, 3.63) is 52.3 Å². The Morgan fingerprint density at radius 3 is 2.86 bits per heavy atom. The van der Waals surface area contributed by atoms with Crippen molar-refractivity contribution in [1.29, 1.82) is 0 Å². The molecule has 6 heteroatoms. The molecule has 0 aliphatic heterocycles. The van der Waals surface area contributed by atoms with Gasteiger partial charge in [0.2, 0.25) is 5.82 Å². The third-order valence-corrected chi connectivity index (χ3v) is 3.72. The van der Waals surface area contributed by atoms with Gasteiger partial charge in [0.25, 0.3) is 5.89 Å². The number of halogens is 1. The standard InChI is InChI=1S/C15H13BrN4O/c1-9-2-3-12(13(16)6-9)14-19-15(21-20-14)10-4-5-18-11(7-10)8-17/h2-7H,8,17H2,1H3. The van der Waals surface area contributed by atoms with Crippen LogP contribution in [0.5, 0.6) is 0 Å². The van der Waals surface area contributed by atoms with Crippen LogP contribution in [0.3, 0.4) is 0 Å². The van der Waals surface area contributed by atoms with Crippen LogP contribution < -0.4 is 5.73 Å². The molecule has 5 nitrogen and oxygen atoms in total. The first-order valence-corrected chi connectivity index (χ1v) is 7.22. The molecule has 0 amide bonds. The first kappa shape index (κ1) is 13.9. The average Bonchev–Trinajstić information content (AvgIpc) is 2.97. The molecule has 0 unspecified atom stereocenters. The van der Waals surface area contributed by atoms with Crippen LogP contribution in [0.15, 0.2) is 45.5 Å². The topological polar surface area (TPSA) is 77.8 Å². The molecule has 3 aromatic rings. The highest BCUT2D eigenvalue weighted by Gasteiger charge is 2.13. The highest BCUT2D eigenvalue weighted by Crippen LogP contribution is 2.28. The molecule has 0 aliphatic rings. The number of hydrogen-bond donors (Lipinski definition) is 1. The average molecular weight is 345 g/mol. The molecule has 0 radical (unpaired) electrons. The molecule has 0 bridgehead atoms. The highest BCUT2D eigenvalue weighted by atomic mass is 79.9. The van der Waals surface area contributed by atoms with Crippen molar-refractivity contribution in [3.63, 3.8) is 0 Å². The van der Waals surface area contributed by atoms with Gasteiger partial charge in [0, 0.05) is 28.3 Å². The minimum Gasteiger partial charge on any atom is -0.334 e. The van der Waals surface area contributed by atoms with E-state index in [-0.39, 0.29) is 0 Å². The maximum atomic E-state index is 5.59. The number of benzene rings is 1. The summed E-state index contributed by atoms with van der Waals surface area (Å²) in [5, 5.41) is 4.04. The zero-order valence-electron chi connectivity index (χ0n) is 11.4. The van der Waals surface area contributed by atoms with Crippen LogP contribution in [-0.4, -0.2) is 15.1 Å². The minimum atomic E-state index is 0.373. The Balaban J connectivity index is 1.99. The van der Waals surface area contributed by atoms with Crippen molar-refractivity contribution in [1.82, 2.24) is 15.1 Å². The summed E-state index contributed by atoms with van der Waals surface area (Å²) in [5.74, 6) is 0.998. The molecule has 1 aromatic carbocycles. The number of nitrogens with zero attached hydrogens (tertiary/aromatic N) is 3. The molecule has 3 rings (SSSR count). The third kappa shape index (κ3) is 2.86. The van der Waals surface area contributed by atoms with Gasteiger partial charge in [0.1, 0.15) is 0 Å². The third-order valence-electron chi connectivity index (χ3n) is 3.06. The molecule has 0 aliphatic carbocycles. The Bertz CT molecular complexity index is 785. The lowest BCUT2D eigenvalue weighted by atomic mass is 10.1. The molecule has 0 saturated carbocycles. The summed E-state index contributed by atoms with van der Waals surface area (Å²) in [4.78, 5) is 8.59. The van der Waals surface area contributed by atoms with E-state index in [9.17, 15) is 0 Å². The summed E-state index contributed by atoms with van der Waals surface area (Å²) in [5.41, 5.74) is 9.24. The quantitative estimate of drug-likeness (QED) is 0.788. The van der Waals surface area contributed by atoms with Crippen molar-refractivity contribution in [2.45, 2.75) is 13.5 Å². The van der Waals surface area contributed by atoms with Gasteiger partial charge < -0.3 is 10.3 Å². The van der Waals surface area contributed by atoms with Crippen molar-refractivity contribution in [2.24, 2.45) is 5.73 Å². The Morgan fingerprint density at radius 1 is 1.24 bits per heavy atom. The normalized spacial score (nSPS) is 10.8. The molecule has 21 heavy (non-hydrogen) atoms. The molecule has 2 N–H and O–H groups in total. The van der Waals surface area contributed by atoms with Gasteiger partial charge in [0.05, 0.1) is 5.69 Å². The number of rotatable bonds is 3. The van der Waals surface area contributed by atoms with E-state index in [1.165, 1.54) is 0 Å². The largest absolute Gasteiger partial charge is 0.334 e. The predicted molar refractivity (Wildman–Crippen MR) is 83.3 cm³/mol. The fraction of sp³-hybridized carbons (Fsp3) is 0.133. The van der Waals surface area contributed by atoms with Crippen molar-refractivity contribution in [3.8, 4) is 22.8 Å². The number of pyridine rings is 1. The highest BCUT2D eigenvalue weighted by molar-refractivity contribution is 9.10. The fourth-order valence-corrected chi connectivity index (χ4v) is 2.65. The van der Waals surface area contributed by atoms with Gasteiger partial charge in [-0.1, -0.05) is 27.2 Å². The van der Waals surface area contributed by atoms with Gasteiger partial charge in [-0.05, 0) is 36.8 Å². The zero-order chi connectivity index (χ0) is 14.8. The van der Waals surface area contributed by atoms with E-state index in [1.807, 2.05) is 37.3 Å². The van der Waals surface area contributed by atoms with E-state index in [0.717, 1.165) is 26.9 Å². The summed E-state index contributed by atoms with van der Waals surface area (Å²) in [6.07, 6.45) is 1.68. The second-order valence-corrected chi connectivity index (χ2v) is 5.50. The maximum absolute atomic E-state index is 5.59. The van der Waals surface area contributed by atoms with Crippen LogP contribution in [-0.2, 0) is 6.54 Å². The van der Waals surface area contributed by atoms with Crippen LogP contribution >= 0.6 is 15.9 Å². The van der Waals surface area contributed by atoms with Gasteiger partial charge in [0.15, 0.2) is 0 Å². The second-order valence-electron chi connectivity index (χ2n) is 4.65. The zero-order valence-corrected chi connectivity index (χ0v) is 13.0. The van der Waals surface area contributed by atoms with Crippen molar-refractivity contribution < 1.29 is 4.52 Å². The number of aryl methyl sites for hydroxylation is 1. The van der Waals surface area contributed by atoms with Gasteiger partial charge in [-0.25, -0.2) is 0 Å². The summed E-state index contributed by atoms with van der Waals surface area (Å²) < 4.78 is 6.28. The van der Waals surface area contributed by atoms with Gasteiger partial charge in [-0.2, -0.15) is 4.98 Å². The van der Waals surface area contributed by atoms with Crippen LogP contribution in [0.25, 0.3) is 22.8 Å². The van der Waals surface area contributed by atoms with E-state index in [1.54, 1.807) is 6.20 Å². The summed E-state index contributed by atoms with van der Waals surface area (Å²) in [7, 11) is 0. The number of aromatic nitrogens is 3. The Kier molecular flexibility index (Phi) is 3.81. The van der Waals surface area contributed by atoms with Crippen LogP contribution in [0.2, 0.25) is 0 Å². The van der Waals surface area contributed by atoms with E-state index in [0.29, 0.717) is 18.3 Å². The Morgan fingerprint density at radius 2 is 2.10 bits per heavy atom. The predicted octanol–water partition coefficient (Wildman–Crippen LogP) is 3.33. The number of hydrogen-bond acceptors (Lipinski definition) is 5. The molecule has 0 fully saturated rings. The smallest absolute Gasteiger partial charge is 0.258 e. The van der Waals surface area contributed by atoms with Crippen LogP contribution in [0.1, 0.15) is 11.3 Å². The van der Waals surface area contributed by atoms with Gasteiger partial charge in [-0.3, -0.25) is 4.98 Å². The fourth-order valence-electron chi connectivity index (χ4n) is 1.97. The Hall–Kier alpha value is -2.05. The monoisotopic (exact) mass is 344 g/mol. The summed E-state index contributed by atoms with van der Waals surface area (Å²) in [6, 6.07) is 9.66. The summed E-state index contributed by atoms with van der Waals surface area (Å²) >= 11 is 3.52. The van der Waals surface area contributed by atoms with E-state index >= 15 is 0 Å². The first-order valence-electron chi connectivity index (χ1n) is 6.43. The van der Waals surface area contributed by atoms with Crippen molar-refractivity contribution in [2.75, 3.05) is 0 Å². The van der Waals surface area contributed by atoms with Gasteiger partial charge in [-0.15, -0.1) is 0 Å².